The Kier molecular flexibility index (Phi) is 10.0. The number of nitrogens with zero attached hydrogens (tertiary/aromatic N) is 2. The maximum Gasteiger partial charge on any atom is 0.160 e. The maximum absolute atomic E-state index is 6.89. The number of aryl methyl sites for hydroxylation is 2. The molecule has 0 N–H and O–H groups in total. The monoisotopic (exact) mass is 1050 g/mol. The average Bonchev–Trinajstić information content (AvgIpc) is 4.03. The molecular formula is C76H48N2O4. The Morgan fingerprint density at radius 2 is 0.683 bits per heavy atom. The summed E-state index contributed by atoms with van der Waals surface area (Å²) in [6.07, 6.45) is 0. The summed E-state index contributed by atoms with van der Waals surface area (Å²) >= 11 is 0. The van der Waals surface area contributed by atoms with Gasteiger partial charge in [-0.15, -0.1) is 0 Å². The Morgan fingerprint density at radius 1 is 0.268 bits per heavy atom. The van der Waals surface area contributed by atoms with Crippen molar-refractivity contribution < 1.29 is 17.7 Å². The van der Waals surface area contributed by atoms with E-state index in [1.807, 2.05) is 12.1 Å². The molecule has 4 heterocycles. The van der Waals surface area contributed by atoms with Crippen LogP contribution in [0.2, 0.25) is 0 Å². The van der Waals surface area contributed by atoms with Crippen LogP contribution in [0.4, 0.5) is 34.1 Å². The molecule has 6 nitrogen and oxygen atoms in total. The molecule has 0 amide bonds. The van der Waals surface area contributed by atoms with Gasteiger partial charge in [-0.25, -0.2) is 0 Å². The van der Waals surface area contributed by atoms with Gasteiger partial charge < -0.3 is 27.5 Å². The van der Waals surface area contributed by atoms with Gasteiger partial charge in [0.1, 0.15) is 33.5 Å². The van der Waals surface area contributed by atoms with Gasteiger partial charge in [-0.05, 0) is 155 Å². The molecule has 0 aliphatic heterocycles. The molecule has 0 spiro atoms. The van der Waals surface area contributed by atoms with Crippen molar-refractivity contribution in [3.05, 3.63) is 266 Å². The van der Waals surface area contributed by atoms with E-state index >= 15 is 0 Å². The quantitative estimate of drug-likeness (QED) is 0.151. The number of hydrogen-bond donors (Lipinski definition) is 0. The predicted molar refractivity (Wildman–Crippen MR) is 340 cm³/mol. The van der Waals surface area contributed by atoms with E-state index in [1.165, 1.54) is 0 Å². The topological polar surface area (TPSA) is 59.0 Å². The highest BCUT2D eigenvalue weighted by molar-refractivity contribution is 6.28. The average molecular weight is 1050 g/mol. The molecule has 17 aromatic rings. The zero-order valence-corrected chi connectivity index (χ0v) is 44.8. The van der Waals surface area contributed by atoms with Crippen LogP contribution in [0.5, 0.6) is 0 Å². The third-order valence-electron chi connectivity index (χ3n) is 16.8. The summed E-state index contributed by atoms with van der Waals surface area (Å²) < 4.78 is 27.5. The van der Waals surface area contributed by atoms with Crippen LogP contribution < -0.4 is 9.80 Å². The van der Waals surface area contributed by atoms with E-state index < -0.39 is 0 Å². The van der Waals surface area contributed by atoms with Crippen molar-refractivity contribution in [2.24, 2.45) is 0 Å². The zero-order valence-electron chi connectivity index (χ0n) is 44.8. The first-order valence-electron chi connectivity index (χ1n) is 27.9. The fourth-order valence-electron chi connectivity index (χ4n) is 13.0. The van der Waals surface area contributed by atoms with Crippen molar-refractivity contribution in [3.8, 4) is 22.3 Å². The first-order chi connectivity index (χ1) is 40.5. The first-order valence-corrected chi connectivity index (χ1v) is 27.9. The summed E-state index contributed by atoms with van der Waals surface area (Å²) in [5, 5.41) is 12.8. The van der Waals surface area contributed by atoms with Gasteiger partial charge in [0.15, 0.2) is 11.2 Å². The predicted octanol–water partition coefficient (Wildman–Crippen LogP) is 22.5. The molecule has 0 bridgehead atoms. The Bertz CT molecular complexity index is 5110. The van der Waals surface area contributed by atoms with Crippen molar-refractivity contribution in [3.63, 3.8) is 0 Å². The molecule has 0 atom stereocenters. The highest BCUT2D eigenvalue weighted by Gasteiger charge is 2.28. The SMILES string of the molecule is Cc1ccccc1N(c1ccc2cc3c(cc2c1)oc1ccc2oc4cc5cc(N(c6ccccc6C)c6c(-c7ccccc7)ccc7c6oc6ccccc67)ccc5cc4c2c13)c1c(-c2ccccc2)ccc2c1oc1ccccc12. The molecule has 0 saturated heterocycles. The van der Waals surface area contributed by atoms with Crippen LogP contribution in [-0.4, -0.2) is 0 Å². The van der Waals surface area contributed by atoms with E-state index in [0.717, 1.165) is 177 Å². The van der Waals surface area contributed by atoms with E-state index in [4.69, 9.17) is 17.7 Å². The largest absolute Gasteiger partial charge is 0.456 e. The van der Waals surface area contributed by atoms with Crippen molar-refractivity contribution >= 4 is 143 Å². The summed E-state index contributed by atoms with van der Waals surface area (Å²) in [7, 11) is 0. The number of benzene rings is 13. The molecule has 6 heteroatoms. The van der Waals surface area contributed by atoms with Gasteiger partial charge >= 0.3 is 0 Å². The Morgan fingerprint density at radius 3 is 1.13 bits per heavy atom. The minimum Gasteiger partial charge on any atom is -0.456 e. The summed E-state index contributed by atoms with van der Waals surface area (Å²) in [6, 6.07) is 90.5. The fourth-order valence-corrected chi connectivity index (χ4v) is 13.0. The van der Waals surface area contributed by atoms with Gasteiger partial charge in [-0.1, -0.05) is 158 Å². The molecule has 13 aromatic carbocycles. The van der Waals surface area contributed by atoms with Crippen LogP contribution in [0.3, 0.4) is 0 Å². The van der Waals surface area contributed by atoms with Crippen LogP contribution in [0.15, 0.2) is 272 Å². The number of anilines is 6. The van der Waals surface area contributed by atoms with Gasteiger partial charge in [0.05, 0.1) is 11.4 Å². The van der Waals surface area contributed by atoms with Gasteiger partial charge in [0.2, 0.25) is 0 Å². The summed E-state index contributed by atoms with van der Waals surface area (Å²) in [4.78, 5) is 4.75. The Labute approximate surface area is 470 Å². The van der Waals surface area contributed by atoms with E-state index in [9.17, 15) is 0 Å². The lowest BCUT2D eigenvalue weighted by atomic mass is 9.97. The highest BCUT2D eigenvalue weighted by Crippen LogP contribution is 2.52. The van der Waals surface area contributed by atoms with Crippen molar-refractivity contribution in [1.29, 1.82) is 0 Å². The number of para-hydroxylation sites is 4. The van der Waals surface area contributed by atoms with Crippen LogP contribution in [0.25, 0.3) is 132 Å². The maximum atomic E-state index is 6.89. The molecule has 0 aliphatic rings. The molecule has 0 aliphatic carbocycles. The molecule has 82 heavy (non-hydrogen) atoms. The lowest BCUT2D eigenvalue weighted by molar-refractivity contribution is 0.663. The molecule has 17 rings (SSSR count). The summed E-state index contributed by atoms with van der Waals surface area (Å²) in [6.45, 7) is 4.35. The van der Waals surface area contributed by atoms with E-state index in [2.05, 4.69) is 266 Å². The van der Waals surface area contributed by atoms with Gasteiger partial charge in [0, 0.05) is 77.0 Å². The standard InChI is InChI=1S/C76H48N2O4/c1-45-17-9-13-25-63(45)77(73-55(47-19-5-3-6-20-47)33-35-59-57-23-11-15-27-65(57)81-75(59)73)53-31-29-49-41-61-69(43-51(49)39-53)79-67-37-38-68-72(71(61)67)62-42-50-30-32-54(40-52(50)44-70(62)80-68)78(64-26-14-10-18-46(64)2)74-56(48-21-7-4-8-22-48)34-36-60-58-24-12-16-28-66(58)82-76(60)74/h3-44H,1-2H3. The van der Waals surface area contributed by atoms with Crippen LogP contribution >= 0.6 is 0 Å². The van der Waals surface area contributed by atoms with Crippen molar-refractivity contribution in [2.45, 2.75) is 13.8 Å². The smallest absolute Gasteiger partial charge is 0.160 e. The molecule has 0 fully saturated rings. The van der Waals surface area contributed by atoms with Crippen molar-refractivity contribution in [2.75, 3.05) is 9.80 Å². The second-order valence-electron chi connectivity index (χ2n) is 21.6. The zero-order chi connectivity index (χ0) is 54.2. The Balaban J connectivity index is 0.828. The highest BCUT2D eigenvalue weighted by atomic mass is 16.3. The van der Waals surface area contributed by atoms with Crippen LogP contribution in [0.1, 0.15) is 11.1 Å². The minimum atomic E-state index is 0.810. The number of hydrogen-bond acceptors (Lipinski definition) is 6. The van der Waals surface area contributed by atoms with E-state index in [1.54, 1.807) is 0 Å². The molecule has 386 valence electrons. The lowest BCUT2D eigenvalue weighted by Crippen LogP contribution is -2.13. The molecule has 0 saturated carbocycles. The summed E-state index contributed by atoms with van der Waals surface area (Å²) in [5.41, 5.74) is 19.4. The number of rotatable bonds is 8. The first kappa shape index (κ1) is 46.1. The fraction of sp³-hybridized carbons (Fsp3) is 0.0263. The van der Waals surface area contributed by atoms with E-state index in [-0.39, 0.29) is 0 Å². The second kappa shape index (κ2) is 17.8. The van der Waals surface area contributed by atoms with Gasteiger partial charge in [0.25, 0.3) is 0 Å². The lowest BCUT2D eigenvalue weighted by Gasteiger charge is -2.29. The van der Waals surface area contributed by atoms with Crippen LogP contribution in [-0.2, 0) is 0 Å². The third-order valence-corrected chi connectivity index (χ3v) is 16.8. The molecule has 0 unspecified atom stereocenters. The normalized spacial score (nSPS) is 12.0. The molecule has 4 aromatic heterocycles. The number of furan rings is 4. The Hall–Kier alpha value is -10.8. The molecular weight excluding hydrogens is 1000 g/mol. The van der Waals surface area contributed by atoms with E-state index in [0.29, 0.717) is 0 Å². The summed E-state index contributed by atoms with van der Waals surface area (Å²) in [5.74, 6) is 0. The van der Waals surface area contributed by atoms with Gasteiger partial charge in [-0.2, -0.15) is 0 Å². The van der Waals surface area contributed by atoms with Crippen LogP contribution in [0, 0.1) is 13.8 Å². The minimum absolute atomic E-state index is 0.810. The third kappa shape index (κ3) is 7.01. The second-order valence-corrected chi connectivity index (χ2v) is 21.6. The van der Waals surface area contributed by atoms with Crippen molar-refractivity contribution in [1.82, 2.24) is 0 Å². The molecule has 0 radical (unpaired) electrons. The van der Waals surface area contributed by atoms with Gasteiger partial charge in [-0.3, -0.25) is 0 Å². The number of fused-ring (bicyclic) bond motifs is 15.